The van der Waals surface area contributed by atoms with Gasteiger partial charge in [-0.1, -0.05) is 11.6 Å². The molecule has 16 heavy (non-hydrogen) atoms. The average Bonchev–Trinajstić information content (AvgIpc) is 2.38. The fourth-order valence-electron chi connectivity index (χ4n) is 2.26. The maximum atomic E-state index is 6.21. The molecule has 2 rings (SSSR count). The topological polar surface area (TPSA) is 38.9 Å². The van der Waals surface area contributed by atoms with Crippen LogP contribution in [0.25, 0.3) is 0 Å². The molecule has 1 aromatic heterocycles. The first kappa shape index (κ1) is 11.3. The number of nitrogens with zero attached hydrogens (tertiary/aromatic N) is 1. The number of aryl methyl sites for hydroxylation is 1. The van der Waals surface area contributed by atoms with Crippen LogP contribution in [0, 0.1) is 0 Å². The van der Waals surface area contributed by atoms with Gasteiger partial charge in [-0.15, -0.1) is 0 Å². The van der Waals surface area contributed by atoms with Gasteiger partial charge in [-0.25, -0.2) is 0 Å². The first-order valence-corrected chi connectivity index (χ1v) is 6.19. The molecular weight excluding hydrogens is 196 g/mol. The van der Waals surface area contributed by atoms with E-state index in [9.17, 15) is 0 Å². The quantitative estimate of drug-likeness (QED) is 0.786. The van der Waals surface area contributed by atoms with Crippen LogP contribution in [0.2, 0.25) is 0 Å². The summed E-state index contributed by atoms with van der Waals surface area (Å²) in [5, 5.41) is 0. The molecule has 2 heteroatoms. The van der Waals surface area contributed by atoms with Gasteiger partial charge in [0.1, 0.15) is 0 Å². The highest BCUT2D eigenvalue weighted by Gasteiger charge is 2.11. The molecule has 0 aliphatic heterocycles. The van der Waals surface area contributed by atoms with Crippen molar-refractivity contribution in [1.29, 1.82) is 0 Å². The van der Waals surface area contributed by atoms with Gasteiger partial charge < -0.3 is 5.73 Å². The van der Waals surface area contributed by atoms with Gasteiger partial charge in [-0.3, -0.25) is 4.98 Å². The van der Waals surface area contributed by atoms with E-state index in [1.54, 1.807) is 0 Å². The molecular formula is C14H20N2. The molecule has 0 fully saturated rings. The molecule has 0 aromatic carbocycles. The lowest BCUT2D eigenvalue weighted by Crippen LogP contribution is -2.24. The monoisotopic (exact) mass is 216 g/mol. The summed E-state index contributed by atoms with van der Waals surface area (Å²) < 4.78 is 0. The van der Waals surface area contributed by atoms with Crippen LogP contribution in [0.5, 0.6) is 0 Å². The summed E-state index contributed by atoms with van der Waals surface area (Å²) >= 11 is 0. The summed E-state index contributed by atoms with van der Waals surface area (Å²) in [6.45, 7) is 0. The van der Waals surface area contributed by atoms with Crippen LogP contribution in [-0.2, 0) is 6.42 Å². The van der Waals surface area contributed by atoms with E-state index < -0.39 is 0 Å². The summed E-state index contributed by atoms with van der Waals surface area (Å²) in [4.78, 5) is 4.02. The van der Waals surface area contributed by atoms with E-state index in [0.717, 1.165) is 12.8 Å². The predicted molar refractivity (Wildman–Crippen MR) is 67.1 cm³/mol. The molecule has 1 unspecified atom stereocenters. The normalized spacial score (nSPS) is 17.9. The Labute approximate surface area is 97.6 Å². The van der Waals surface area contributed by atoms with Crippen LogP contribution in [-0.4, -0.2) is 11.0 Å². The van der Waals surface area contributed by atoms with Crippen LogP contribution in [0.4, 0.5) is 0 Å². The minimum atomic E-state index is 0.258. The van der Waals surface area contributed by atoms with Gasteiger partial charge >= 0.3 is 0 Å². The zero-order valence-corrected chi connectivity index (χ0v) is 9.73. The Bertz CT molecular complexity index is 343. The van der Waals surface area contributed by atoms with Crippen molar-refractivity contribution in [3.05, 3.63) is 41.7 Å². The maximum Gasteiger partial charge on any atom is 0.0270 e. The summed E-state index contributed by atoms with van der Waals surface area (Å²) in [6.07, 6.45) is 13.2. The standard InChI is InChI=1S/C14H20N2/c15-14(13-4-2-1-3-5-13)7-6-12-8-10-16-11-9-12/h4,8-11,14H,1-3,5-7,15H2. The molecule has 86 valence electrons. The molecule has 2 nitrogen and oxygen atoms in total. The molecule has 1 aliphatic carbocycles. The number of pyridine rings is 1. The van der Waals surface area contributed by atoms with Crippen molar-refractivity contribution in [3.8, 4) is 0 Å². The maximum absolute atomic E-state index is 6.21. The first-order valence-electron chi connectivity index (χ1n) is 6.19. The number of allylic oxidation sites excluding steroid dienone is 1. The Morgan fingerprint density at radius 3 is 2.75 bits per heavy atom. The highest BCUT2D eigenvalue weighted by molar-refractivity contribution is 5.15. The Hall–Kier alpha value is -1.15. The van der Waals surface area contributed by atoms with Crippen molar-refractivity contribution in [3.63, 3.8) is 0 Å². The van der Waals surface area contributed by atoms with Gasteiger partial charge in [-0.2, -0.15) is 0 Å². The molecule has 0 spiro atoms. The summed E-state index contributed by atoms with van der Waals surface area (Å²) in [5.74, 6) is 0. The largest absolute Gasteiger partial charge is 0.324 e. The van der Waals surface area contributed by atoms with Crippen LogP contribution >= 0.6 is 0 Å². The molecule has 0 saturated carbocycles. The fourth-order valence-corrected chi connectivity index (χ4v) is 2.26. The summed E-state index contributed by atoms with van der Waals surface area (Å²) in [5.41, 5.74) is 9.02. The Kier molecular flexibility index (Phi) is 4.11. The van der Waals surface area contributed by atoms with Crippen molar-refractivity contribution in [2.75, 3.05) is 0 Å². The van der Waals surface area contributed by atoms with Gasteiger partial charge in [0.2, 0.25) is 0 Å². The second-order valence-electron chi connectivity index (χ2n) is 4.53. The molecule has 2 N–H and O–H groups in total. The van der Waals surface area contributed by atoms with Gasteiger partial charge in [-0.05, 0) is 56.2 Å². The van der Waals surface area contributed by atoms with Crippen molar-refractivity contribution in [2.45, 2.75) is 44.6 Å². The van der Waals surface area contributed by atoms with Crippen molar-refractivity contribution >= 4 is 0 Å². The number of hydrogen-bond acceptors (Lipinski definition) is 2. The highest BCUT2D eigenvalue weighted by Crippen LogP contribution is 2.21. The number of rotatable bonds is 4. The molecule has 0 amide bonds. The van der Waals surface area contributed by atoms with Crippen LogP contribution in [0.15, 0.2) is 36.2 Å². The van der Waals surface area contributed by atoms with E-state index in [-0.39, 0.29) is 6.04 Å². The van der Waals surface area contributed by atoms with E-state index in [2.05, 4.69) is 23.2 Å². The van der Waals surface area contributed by atoms with Crippen molar-refractivity contribution < 1.29 is 0 Å². The van der Waals surface area contributed by atoms with Crippen LogP contribution in [0.3, 0.4) is 0 Å². The first-order chi connectivity index (χ1) is 7.86. The molecule has 1 heterocycles. The van der Waals surface area contributed by atoms with E-state index in [4.69, 9.17) is 5.73 Å². The Balaban J connectivity index is 1.83. The third-order valence-corrected chi connectivity index (χ3v) is 3.30. The molecule has 0 saturated heterocycles. The van der Waals surface area contributed by atoms with Crippen LogP contribution < -0.4 is 5.73 Å². The minimum absolute atomic E-state index is 0.258. The lowest BCUT2D eigenvalue weighted by atomic mass is 9.91. The van der Waals surface area contributed by atoms with E-state index in [1.807, 2.05) is 12.4 Å². The van der Waals surface area contributed by atoms with E-state index >= 15 is 0 Å². The number of aromatic nitrogens is 1. The zero-order chi connectivity index (χ0) is 11.2. The van der Waals surface area contributed by atoms with Gasteiger partial charge in [0.25, 0.3) is 0 Å². The van der Waals surface area contributed by atoms with Crippen molar-refractivity contribution in [1.82, 2.24) is 4.98 Å². The summed E-state index contributed by atoms with van der Waals surface area (Å²) in [7, 11) is 0. The molecule has 0 radical (unpaired) electrons. The SMILES string of the molecule is NC(CCc1ccncc1)C1=CCCCC1. The second kappa shape index (κ2) is 5.80. The van der Waals surface area contributed by atoms with Gasteiger partial charge in [0.05, 0.1) is 0 Å². The predicted octanol–water partition coefficient (Wildman–Crippen LogP) is 2.84. The lowest BCUT2D eigenvalue weighted by Gasteiger charge is -2.19. The zero-order valence-electron chi connectivity index (χ0n) is 9.73. The van der Waals surface area contributed by atoms with Crippen molar-refractivity contribution in [2.24, 2.45) is 5.73 Å². The highest BCUT2D eigenvalue weighted by atomic mass is 14.6. The average molecular weight is 216 g/mol. The Morgan fingerprint density at radius 2 is 2.06 bits per heavy atom. The number of nitrogens with two attached hydrogens (primary N) is 1. The Morgan fingerprint density at radius 1 is 1.25 bits per heavy atom. The molecule has 1 aromatic rings. The van der Waals surface area contributed by atoms with E-state index in [1.165, 1.54) is 36.8 Å². The van der Waals surface area contributed by atoms with E-state index in [0.29, 0.717) is 0 Å². The molecule has 1 atom stereocenters. The third-order valence-electron chi connectivity index (χ3n) is 3.30. The smallest absolute Gasteiger partial charge is 0.0270 e. The molecule has 0 bridgehead atoms. The lowest BCUT2D eigenvalue weighted by molar-refractivity contribution is 0.604. The fraction of sp³-hybridized carbons (Fsp3) is 0.500. The summed E-state index contributed by atoms with van der Waals surface area (Å²) in [6, 6.07) is 4.40. The third kappa shape index (κ3) is 3.17. The second-order valence-corrected chi connectivity index (χ2v) is 4.53. The molecule has 1 aliphatic rings. The number of hydrogen-bond donors (Lipinski definition) is 1. The minimum Gasteiger partial charge on any atom is -0.324 e. The van der Waals surface area contributed by atoms with Crippen LogP contribution in [0.1, 0.15) is 37.7 Å². The van der Waals surface area contributed by atoms with Gasteiger partial charge in [0.15, 0.2) is 0 Å². The van der Waals surface area contributed by atoms with Gasteiger partial charge in [0, 0.05) is 18.4 Å².